The first-order valence-corrected chi connectivity index (χ1v) is 5.19. The number of benzene rings is 1. The zero-order valence-corrected chi connectivity index (χ0v) is 9.09. The summed E-state index contributed by atoms with van der Waals surface area (Å²) in [4.78, 5) is 23.6. The Kier molecular flexibility index (Phi) is 3.00. The molecule has 0 fully saturated rings. The van der Waals surface area contributed by atoms with Crippen LogP contribution in [0, 0.1) is 0 Å². The minimum absolute atomic E-state index is 0.336. The second-order valence-electron chi connectivity index (χ2n) is 3.80. The number of carbonyl (C=O) groups excluding carboxylic acids is 1. The topological polar surface area (TPSA) is 57.6 Å². The van der Waals surface area contributed by atoms with Gasteiger partial charge < -0.3 is 10.0 Å². The molecule has 1 aromatic carbocycles. The molecule has 1 aromatic rings. The van der Waals surface area contributed by atoms with E-state index in [9.17, 15) is 9.59 Å². The smallest absolute Gasteiger partial charge is 0.328 e. The van der Waals surface area contributed by atoms with Gasteiger partial charge >= 0.3 is 5.97 Å². The highest BCUT2D eigenvalue weighted by molar-refractivity contribution is 6.32. The van der Waals surface area contributed by atoms with Crippen molar-refractivity contribution >= 4 is 30.9 Å². The van der Waals surface area contributed by atoms with E-state index in [1.807, 2.05) is 6.07 Å². The third kappa shape index (κ3) is 2.38. The minimum atomic E-state index is -1.13. The molecule has 4 nitrogen and oxygen atoms in total. The maximum atomic E-state index is 11.8. The molecule has 0 aliphatic carbocycles. The third-order valence-corrected chi connectivity index (χ3v) is 2.64. The zero-order chi connectivity index (χ0) is 12.4. The summed E-state index contributed by atoms with van der Waals surface area (Å²) in [6.07, 6.45) is 2.66. The fourth-order valence-electron chi connectivity index (χ4n) is 1.86. The molecule has 1 amide bonds. The lowest BCUT2D eigenvalue weighted by Crippen LogP contribution is -2.27. The Morgan fingerprint density at radius 3 is 2.82 bits per heavy atom. The van der Waals surface area contributed by atoms with Crippen molar-refractivity contribution in [3.05, 3.63) is 35.9 Å². The van der Waals surface area contributed by atoms with Crippen molar-refractivity contribution in [3.8, 4) is 0 Å². The Balaban J connectivity index is 2.24. The Bertz CT molecular complexity index is 510. The predicted octanol–water partition coefficient (Wildman–Crippen LogP) is 0.0103. The van der Waals surface area contributed by atoms with E-state index in [2.05, 4.69) is 0 Å². The average molecular weight is 227 g/mol. The first-order valence-electron chi connectivity index (χ1n) is 5.19. The van der Waals surface area contributed by atoms with Gasteiger partial charge in [-0.3, -0.25) is 4.79 Å². The van der Waals surface area contributed by atoms with Gasteiger partial charge in [-0.1, -0.05) is 17.6 Å². The van der Waals surface area contributed by atoms with Crippen LogP contribution in [0.15, 0.2) is 30.4 Å². The number of carbonyl (C=O) groups is 2. The molecular formula is C12H10BNO3. The lowest BCUT2D eigenvalue weighted by Gasteiger charge is -2.15. The molecule has 1 aliphatic rings. The highest BCUT2D eigenvalue weighted by Gasteiger charge is 2.22. The molecule has 0 spiro atoms. The van der Waals surface area contributed by atoms with Crippen molar-refractivity contribution < 1.29 is 14.7 Å². The van der Waals surface area contributed by atoms with Crippen molar-refractivity contribution in [1.82, 2.24) is 0 Å². The second-order valence-corrected chi connectivity index (χ2v) is 3.80. The first-order chi connectivity index (χ1) is 8.08. The molecule has 17 heavy (non-hydrogen) atoms. The van der Waals surface area contributed by atoms with Gasteiger partial charge in [0.2, 0.25) is 0 Å². The van der Waals surface area contributed by atoms with Crippen LogP contribution in [-0.4, -0.2) is 31.4 Å². The summed E-state index contributed by atoms with van der Waals surface area (Å²) in [7, 11) is 5.67. The predicted molar refractivity (Wildman–Crippen MR) is 64.7 cm³/mol. The van der Waals surface area contributed by atoms with E-state index in [0.29, 0.717) is 12.0 Å². The van der Waals surface area contributed by atoms with E-state index in [1.54, 1.807) is 12.1 Å². The largest absolute Gasteiger partial charge is 0.478 e. The van der Waals surface area contributed by atoms with E-state index in [0.717, 1.165) is 29.8 Å². The summed E-state index contributed by atoms with van der Waals surface area (Å²) in [6.45, 7) is 0.557. The number of nitrogens with zero attached hydrogens (tertiary/aromatic N) is 1. The quantitative estimate of drug-likeness (QED) is 0.571. The molecule has 1 aliphatic heterocycles. The minimum Gasteiger partial charge on any atom is -0.478 e. The van der Waals surface area contributed by atoms with Crippen molar-refractivity contribution in [1.29, 1.82) is 0 Å². The molecule has 1 heterocycles. The van der Waals surface area contributed by atoms with Crippen molar-refractivity contribution in [3.63, 3.8) is 0 Å². The molecule has 0 atom stereocenters. The molecule has 5 heteroatoms. The van der Waals surface area contributed by atoms with E-state index in [-0.39, 0.29) is 5.91 Å². The van der Waals surface area contributed by atoms with Gasteiger partial charge in [-0.05, 0) is 18.1 Å². The maximum Gasteiger partial charge on any atom is 0.328 e. The van der Waals surface area contributed by atoms with Crippen LogP contribution in [-0.2, 0) is 16.0 Å². The lowest BCUT2D eigenvalue weighted by molar-refractivity contribution is -0.131. The number of aliphatic carboxylic acids is 1. The van der Waals surface area contributed by atoms with Crippen LogP contribution in [0.3, 0.4) is 0 Å². The summed E-state index contributed by atoms with van der Waals surface area (Å²) in [6, 6.07) is 5.41. The van der Waals surface area contributed by atoms with Crippen LogP contribution in [0.2, 0.25) is 0 Å². The van der Waals surface area contributed by atoms with Crippen LogP contribution >= 0.6 is 0 Å². The summed E-state index contributed by atoms with van der Waals surface area (Å²) in [5, 5.41) is 8.47. The highest BCUT2D eigenvalue weighted by atomic mass is 16.4. The molecule has 2 rings (SSSR count). The number of carboxylic acids is 1. The summed E-state index contributed by atoms with van der Waals surface area (Å²) < 4.78 is 0. The summed E-state index contributed by atoms with van der Waals surface area (Å²) in [5.41, 5.74) is 2.41. The normalized spacial score (nSPS) is 14.0. The van der Waals surface area contributed by atoms with E-state index in [1.165, 1.54) is 4.90 Å². The zero-order valence-electron chi connectivity index (χ0n) is 9.09. The first kappa shape index (κ1) is 11.5. The van der Waals surface area contributed by atoms with Crippen LogP contribution < -0.4 is 10.4 Å². The number of amides is 1. The van der Waals surface area contributed by atoms with E-state index in [4.69, 9.17) is 13.0 Å². The van der Waals surface area contributed by atoms with Crippen LogP contribution in [0.4, 0.5) is 5.69 Å². The van der Waals surface area contributed by atoms with Crippen LogP contribution in [0.25, 0.3) is 0 Å². The number of hydrogen-bond acceptors (Lipinski definition) is 2. The lowest BCUT2D eigenvalue weighted by atomic mass is 9.94. The second kappa shape index (κ2) is 4.45. The number of carboxylic acid groups (broad SMARTS) is 1. The molecule has 84 valence electrons. The van der Waals surface area contributed by atoms with Crippen LogP contribution in [0.5, 0.6) is 0 Å². The molecule has 0 unspecified atom stereocenters. The molecule has 0 bridgehead atoms. The Morgan fingerprint density at radius 1 is 1.35 bits per heavy atom. The van der Waals surface area contributed by atoms with Gasteiger partial charge in [-0.2, -0.15) is 0 Å². The van der Waals surface area contributed by atoms with Gasteiger partial charge in [0.15, 0.2) is 0 Å². The van der Waals surface area contributed by atoms with E-state index < -0.39 is 5.97 Å². The molecule has 1 N–H and O–H groups in total. The van der Waals surface area contributed by atoms with Crippen molar-refractivity contribution in [2.24, 2.45) is 0 Å². The molecule has 2 radical (unpaired) electrons. The molecular weight excluding hydrogens is 217 g/mol. The standard InChI is InChI=1S/C12H10BNO3/c13-9-2-1-8-5-6-14(10(8)7-9)11(15)3-4-12(16)17/h1-4,7H,5-6H2,(H,16,17)/b4-3+. The third-order valence-electron chi connectivity index (χ3n) is 2.64. The van der Waals surface area contributed by atoms with Gasteiger partial charge in [0, 0.05) is 24.4 Å². The van der Waals surface area contributed by atoms with Gasteiger partial charge in [0.1, 0.15) is 7.85 Å². The summed E-state index contributed by atoms with van der Waals surface area (Å²) >= 11 is 0. The molecule has 0 aromatic heterocycles. The Labute approximate surface area is 100.0 Å². The number of fused-ring (bicyclic) bond motifs is 1. The van der Waals surface area contributed by atoms with Gasteiger partial charge in [-0.25, -0.2) is 4.79 Å². The number of anilines is 1. The van der Waals surface area contributed by atoms with Gasteiger partial charge in [0.05, 0.1) is 0 Å². The SMILES string of the molecule is [B]c1ccc2c(c1)N(C(=O)/C=C/C(=O)O)CC2. The van der Waals surface area contributed by atoms with Crippen LogP contribution in [0.1, 0.15) is 5.56 Å². The summed E-state index contributed by atoms with van der Waals surface area (Å²) in [5.74, 6) is -1.47. The average Bonchev–Trinajstić information content (AvgIpc) is 2.68. The monoisotopic (exact) mass is 227 g/mol. The van der Waals surface area contributed by atoms with Gasteiger partial charge in [-0.15, -0.1) is 0 Å². The Morgan fingerprint density at radius 2 is 2.12 bits per heavy atom. The molecule has 0 saturated carbocycles. The van der Waals surface area contributed by atoms with E-state index >= 15 is 0 Å². The van der Waals surface area contributed by atoms with Gasteiger partial charge in [0.25, 0.3) is 5.91 Å². The fourth-order valence-corrected chi connectivity index (χ4v) is 1.86. The highest BCUT2D eigenvalue weighted by Crippen LogP contribution is 2.26. The fraction of sp³-hybridized carbons (Fsp3) is 0.167. The van der Waals surface area contributed by atoms with Crippen molar-refractivity contribution in [2.45, 2.75) is 6.42 Å². The van der Waals surface area contributed by atoms with Crippen molar-refractivity contribution in [2.75, 3.05) is 11.4 Å². The molecule has 0 saturated heterocycles. The Hall–Kier alpha value is -2.04. The number of rotatable bonds is 2. The maximum absolute atomic E-state index is 11.8. The number of hydrogen-bond donors (Lipinski definition) is 1.